The summed E-state index contributed by atoms with van der Waals surface area (Å²) in [4.78, 5) is 13.1. The van der Waals surface area contributed by atoms with E-state index in [9.17, 15) is 10.1 Å². The van der Waals surface area contributed by atoms with E-state index in [0.717, 1.165) is 34.7 Å². The third kappa shape index (κ3) is 3.69. The Labute approximate surface area is 171 Å². The molecule has 4 rings (SSSR count). The minimum absolute atomic E-state index is 0.0871. The largest absolute Gasteiger partial charge is 0.457 e. The van der Waals surface area contributed by atoms with Crippen molar-refractivity contribution < 1.29 is 9.53 Å². The Morgan fingerprint density at radius 1 is 1.07 bits per heavy atom. The minimum atomic E-state index is -0.362. The molecule has 1 heterocycles. The third-order valence-corrected chi connectivity index (χ3v) is 5.53. The van der Waals surface area contributed by atoms with E-state index in [0.29, 0.717) is 17.7 Å². The first-order valence-electron chi connectivity index (χ1n) is 9.85. The number of benzene rings is 2. The number of nitriles is 1. The molecule has 2 aromatic carbocycles. The first-order valence-corrected chi connectivity index (χ1v) is 9.85. The molecule has 2 aliphatic rings. The number of ketones is 1. The van der Waals surface area contributed by atoms with E-state index < -0.39 is 0 Å². The number of nitrogens with zero attached hydrogens (tertiary/aromatic N) is 1. The lowest BCUT2D eigenvalue weighted by Gasteiger charge is -2.38. The number of ether oxygens (including phenoxy) is 1. The highest BCUT2D eigenvalue weighted by atomic mass is 16.5. The van der Waals surface area contributed by atoms with Crippen molar-refractivity contribution >= 4 is 5.78 Å². The van der Waals surface area contributed by atoms with Crippen LogP contribution in [0.15, 0.2) is 77.1 Å². The Bertz CT molecular complexity index is 1070. The molecule has 0 amide bonds. The highest BCUT2D eigenvalue weighted by Crippen LogP contribution is 2.46. The van der Waals surface area contributed by atoms with Crippen molar-refractivity contribution in [2.45, 2.75) is 39.5 Å². The molecular weight excluding hydrogens is 360 g/mol. The third-order valence-electron chi connectivity index (χ3n) is 5.53. The number of para-hydroxylation sites is 1. The number of carbonyl (C=O) groups is 1. The lowest BCUT2D eigenvalue weighted by Crippen LogP contribution is -2.36. The zero-order chi connectivity index (χ0) is 20.6. The van der Waals surface area contributed by atoms with Crippen LogP contribution in [0.5, 0.6) is 11.5 Å². The Morgan fingerprint density at radius 2 is 1.79 bits per heavy atom. The number of hydrogen-bond donors (Lipinski definition) is 1. The summed E-state index contributed by atoms with van der Waals surface area (Å²) in [6.07, 6.45) is 1.28. The van der Waals surface area contributed by atoms with Crippen LogP contribution in [0.25, 0.3) is 0 Å². The van der Waals surface area contributed by atoms with E-state index in [1.165, 1.54) is 0 Å². The summed E-state index contributed by atoms with van der Waals surface area (Å²) in [5.41, 5.74) is 3.89. The van der Waals surface area contributed by atoms with Gasteiger partial charge in [0, 0.05) is 23.4 Å². The summed E-state index contributed by atoms with van der Waals surface area (Å²) >= 11 is 0. The molecule has 1 unspecified atom stereocenters. The molecule has 1 aliphatic carbocycles. The highest BCUT2D eigenvalue weighted by molar-refractivity contribution is 6.00. The molecule has 4 nitrogen and oxygen atoms in total. The van der Waals surface area contributed by atoms with Gasteiger partial charge in [0.1, 0.15) is 11.5 Å². The Hall–Kier alpha value is -3.32. The summed E-state index contributed by atoms with van der Waals surface area (Å²) in [5, 5.41) is 13.2. The van der Waals surface area contributed by atoms with Gasteiger partial charge in [-0.2, -0.15) is 5.26 Å². The van der Waals surface area contributed by atoms with Crippen LogP contribution in [0.4, 0.5) is 0 Å². The van der Waals surface area contributed by atoms with Crippen LogP contribution in [0, 0.1) is 16.7 Å². The average molecular weight is 384 g/mol. The second kappa shape index (κ2) is 7.25. The molecule has 0 fully saturated rings. The molecule has 4 heteroatoms. The molecule has 0 aromatic heterocycles. The monoisotopic (exact) mass is 384 g/mol. The van der Waals surface area contributed by atoms with E-state index in [1.54, 1.807) is 0 Å². The van der Waals surface area contributed by atoms with Gasteiger partial charge in [0.25, 0.3) is 0 Å². The maximum absolute atomic E-state index is 13.1. The van der Waals surface area contributed by atoms with Gasteiger partial charge in [-0.3, -0.25) is 4.79 Å². The molecule has 0 radical (unpaired) electrons. The normalized spacial score (nSPS) is 20.6. The maximum Gasteiger partial charge on any atom is 0.162 e. The van der Waals surface area contributed by atoms with Gasteiger partial charge >= 0.3 is 0 Å². The number of nitrogens with one attached hydrogen (secondary N) is 1. The van der Waals surface area contributed by atoms with Crippen molar-refractivity contribution in [2.75, 3.05) is 0 Å². The van der Waals surface area contributed by atoms with Crippen molar-refractivity contribution in [1.82, 2.24) is 5.32 Å². The van der Waals surface area contributed by atoms with E-state index in [1.807, 2.05) is 61.5 Å². The quantitative estimate of drug-likeness (QED) is 0.747. The molecule has 0 bridgehead atoms. The fraction of sp³-hybridized carbons (Fsp3) is 0.280. The molecule has 2 aromatic rings. The van der Waals surface area contributed by atoms with Gasteiger partial charge in [-0.25, -0.2) is 0 Å². The molecule has 1 aliphatic heterocycles. The number of rotatable bonds is 3. The first-order chi connectivity index (χ1) is 13.9. The highest BCUT2D eigenvalue weighted by Gasteiger charge is 2.41. The number of Topliss-reactive ketones (excluding diaryl/α,β-unsaturated/α-hetero) is 1. The van der Waals surface area contributed by atoms with Crippen LogP contribution in [0.1, 0.15) is 45.1 Å². The molecule has 0 saturated heterocycles. The van der Waals surface area contributed by atoms with Crippen molar-refractivity contribution in [3.05, 3.63) is 82.7 Å². The zero-order valence-corrected chi connectivity index (χ0v) is 17.0. The number of hydrogen-bond acceptors (Lipinski definition) is 4. The number of allylic oxidation sites excluding steroid dienone is 4. The van der Waals surface area contributed by atoms with Gasteiger partial charge in [0.2, 0.25) is 0 Å². The van der Waals surface area contributed by atoms with Gasteiger partial charge in [0.05, 0.1) is 17.6 Å². The zero-order valence-electron chi connectivity index (χ0n) is 17.0. The van der Waals surface area contributed by atoms with Crippen LogP contribution in [-0.4, -0.2) is 5.78 Å². The Balaban J connectivity index is 1.78. The molecule has 146 valence electrons. The smallest absolute Gasteiger partial charge is 0.162 e. The Kier molecular flexibility index (Phi) is 4.76. The van der Waals surface area contributed by atoms with E-state index in [-0.39, 0.29) is 17.1 Å². The predicted molar refractivity (Wildman–Crippen MR) is 112 cm³/mol. The second-order valence-electron chi connectivity index (χ2n) is 8.53. The van der Waals surface area contributed by atoms with Crippen LogP contribution in [-0.2, 0) is 4.79 Å². The van der Waals surface area contributed by atoms with Crippen molar-refractivity contribution in [3.63, 3.8) is 0 Å². The number of carbonyl (C=O) groups excluding carboxylic acids is 1. The summed E-state index contributed by atoms with van der Waals surface area (Å²) in [6, 6.07) is 19.6. The summed E-state index contributed by atoms with van der Waals surface area (Å²) in [5.74, 6) is 1.19. The summed E-state index contributed by atoms with van der Waals surface area (Å²) in [6.45, 7) is 6.13. The fourth-order valence-electron chi connectivity index (χ4n) is 4.30. The lowest BCUT2D eigenvalue weighted by molar-refractivity contribution is -0.118. The first kappa shape index (κ1) is 19.0. The van der Waals surface area contributed by atoms with Crippen molar-refractivity contribution in [2.24, 2.45) is 5.41 Å². The average Bonchev–Trinajstić information content (AvgIpc) is 2.67. The van der Waals surface area contributed by atoms with E-state index in [2.05, 4.69) is 25.2 Å². The number of dihydropyridines is 1. The molecule has 29 heavy (non-hydrogen) atoms. The van der Waals surface area contributed by atoms with Gasteiger partial charge in [-0.15, -0.1) is 0 Å². The fourth-order valence-corrected chi connectivity index (χ4v) is 4.30. The molecular formula is C25H24N2O2. The SMILES string of the molecule is CC1=C(C#N)C(c2cccc(Oc3ccccc3)c2)C2=C(CC(C)(C)CC2=O)N1. The van der Waals surface area contributed by atoms with Crippen LogP contribution in [0.2, 0.25) is 0 Å². The summed E-state index contributed by atoms with van der Waals surface area (Å²) in [7, 11) is 0. The molecule has 0 spiro atoms. The predicted octanol–water partition coefficient (Wildman–Crippen LogP) is 5.61. The van der Waals surface area contributed by atoms with Crippen LogP contribution in [0.3, 0.4) is 0 Å². The van der Waals surface area contributed by atoms with Crippen molar-refractivity contribution in [1.29, 1.82) is 5.26 Å². The molecule has 0 saturated carbocycles. The minimum Gasteiger partial charge on any atom is -0.457 e. The standard InChI is InChI=1S/C25H24N2O2/c1-16-20(15-26)23(24-21(27-16)13-25(2,3)14-22(24)28)17-8-7-11-19(12-17)29-18-9-5-4-6-10-18/h4-12,23,27H,13-14H2,1-3H3. The van der Waals surface area contributed by atoms with Gasteiger partial charge < -0.3 is 10.1 Å². The van der Waals surface area contributed by atoms with Crippen molar-refractivity contribution in [3.8, 4) is 17.6 Å². The van der Waals surface area contributed by atoms with Gasteiger partial charge in [-0.1, -0.05) is 44.2 Å². The van der Waals surface area contributed by atoms with Crippen LogP contribution < -0.4 is 10.1 Å². The Morgan fingerprint density at radius 3 is 2.52 bits per heavy atom. The van der Waals surface area contributed by atoms with Gasteiger partial charge in [0.15, 0.2) is 5.78 Å². The lowest BCUT2D eigenvalue weighted by atomic mass is 9.69. The topological polar surface area (TPSA) is 62.1 Å². The van der Waals surface area contributed by atoms with Crippen LogP contribution >= 0.6 is 0 Å². The van der Waals surface area contributed by atoms with E-state index >= 15 is 0 Å². The summed E-state index contributed by atoms with van der Waals surface area (Å²) < 4.78 is 5.99. The maximum atomic E-state index is 13.1. The molecule has 1 atom stereocenters. The molecule has 1 N–H and O–H groups in total. The van der Waals surface area contributed by atoms with Gasteiger partial charge in [-0.05, 0) is 48.6 Å². The second-order valence-corrected chi connectivity index (χ2v) is 8.53. The van der Waals surface area contributed by atoms with E-state index in [4.69, 9.17) is 4.74 Å².